The van der Waals surface area contributed by atoms with Gasteiger partial charge >= 0.3 is 5.97 Å². The van der Waals surface area contributed by atoms with Crippen LogP contribution < -0.4 is 19.7 Å². The van der Waals surface area contributed by atoms with Gasteiger partial charge in [0.25, 0.3) is 5.91 Å². The summed E-state index contributed by atoms with van der Waals surface area (Å²) in [4.78, 5) is 43.8. The summed E-state index contributed by atoms with van der Waals surface area (Å²) >= 11 is 0. The fourth-order valence-corrected chi connectivity index (χ4v) is 12.7. The van der Waals surface area contributed by atoms with Gasteiger partial charge in [0, 0.05) is 68.9 Å². The molecule has 0 unspecified atom stereocenters. The first-order valence-electron chi connectivity index (χ1n) is 18.2. The molecule has 3 aliphatic heterocycles. The standard InChI is InChI=1S/C38H51N5O7Si/c1-26-36(51(4,5)30-15-13-29(48-2)14-16-30)33(18-22-41-25-27(19-23-44)39-40-41)50-38(26)31-24-28(42-20-8-6-10-34(42)45)12-17-32(31)43(37(38)47)21-9-7-11-35(46)49-3/h12-17,24-26,33,36,44H,6-11,18-23H2,1-5H3/t26-,33+,36-,38+/m1/s1. The van der Waals surface area contributed by atoms with Crippen LogP contribution in [-0.2, 0) is 42.4 Å². The number of hydrogen-bond acceptors (Lipinski definition) is 9. The first-order chi connectivity index (χ1) is 24.5. The number of amides is 2. The Morgan fingerprint density at radius 1 is 1.08 bits per heavy atom. The highest BCUT2D eigenvalue weighted by Gasteiger charge is 2.66. The number of piperidine rings is 1. The number of hydrogen-bond donors (Lipinski definition) is 1. The van der Waals surface area contributed by atoms with Crippen LogP contribution in [0.5, 0.6) is 5.75 Å². The van der Waals surface area contributed by atoms with E-state index in [9.17, 15) is 14.7 Å². The highest BCUT2D eigenvalue weighted by Crippen LogP contribution is 2.60. The van der Waals surface area contributed by atoms with Gasteiger partial charge in [0.05, 0.1) is 39.8 Å². The molecule has 274 valence electrons. The zero-order valence-corrected chi connectivity index (χ0v) is 31.5. The molecule has 1 aromatic heterocycles. The lowest BCUT2D eigenvalue weighted by atomic mass is 9.82. The Morgan fingerprint density at radius 3 is 2.57 bits per heavy atom. The van der Waals surface area contributed by atoms with Crippen molar-refractivity contribution in [2.75, 3.05) is 43.7 Å². The van der Waals surface area contributed by atoms with Crippen LogP contribution in [0.3, 0.4) is 0 Å². The summed E-state index contributed by atoms with van der Waals surface area (Å²) in [5.74, 6) is 0.320. The zero-order chi connectivity index (χ0) is 36.3. The van der Waals surface area contributed by atoms with Crippen LogP contribution in [0.15, 0.2) is 48.7 Å². The van der Waals surface area contributed by atoms with Crippen molar-refractivity contribution in [3.63, 3.8) is 0 Å². The zero-order valence-electron chi connectivity index (χ0n) is 30.5. The van der Waals surface area contributed by atoms with E-state index in [1.807, 2.05) is 46.3 Å². The number of nitrogens with zero attached hydrogens (tertiary/aromatic N) is 5. The summed E-state index contributed by atoms with van der Waals surface area (Å²) in [6.45, 7) is 8.49. The van der Waals surface area contributed by atoms with E-state index in [0.29, 0.717) is 51.7 Å². The van der Waals surface area contributed by atoms with Gasteiger partial charge in [-0.05, 0) is 68.0 Å². The van der Waals surface area contributed by atoms with Gasteiger partial charge < -0.3 is 29.1 Å². The maximum atomic E-state index is 15.1. The van der Waals surface area contributed by atoms with Gasteiger partial charge in [-0.1, -0.05) is 42.6 Å². The Labute approximate surface area is 301 Å². The maximum Gasteiger partial charge on any atom is 0.305 e. The largest absolute Gasteiger partial charge is 0.497 e. The minimum absolute atomic E-state index is 0.0000869. The van der Waals surface area contributed by atoms with Crippen molar-refractivity contribution >= 4 is 42.4 Å². The number of anilines is 2. The number of aliphatic hydroxyl groups excluding tert-OH is 1. The second-order valence-electron chi connectivity index (χ2n) is 14.6. The monoisotopic (exact) mass is 717 g/mol. The third kappa shape index (κ3) is 6.95. The lowest BCUT2D eigenvalue weighted by Crippen LogP contribution is -2.52. The predicted octanol–water partition coefficient (Wildman–Crippen LogP) is 4.33. The van der Waals surface area contributed by atoms with Gasteiger partial charge in [0.2, 0.25) is 5.91 Å². The molecule has 12 nitrogen and oxygen atoms in total. The molecule has 0 aliphatic carbocycles. The summed E-state index contributed by atoms with van der Waals surface area (Å²) in [5, 5.41) is 19.2. The molecule has 6 rings (SSSR count). The molecule has 2 aromatic carbocycles. The van der Waals surface area contributed by atoms with Crippen LogP contribution in [0.2, 0.25) is 18.6 Å². The van der Waals surface area contributed by atoms with E-state index in [4.69, 9.17) is 14.2 Å². The highest BCUT2D eigenvalue weighted by molar-refractivity contribution is 6.91. The first-order valence-corrected chi connectivity index (χ1v) is 21.3. The van der Waals surface area contributed by atoms with Crippen molar-refractivity contribution in [2.45, 2.75) is 95.2 Å². The number of fused-ring (bicyclic) bond motifs is 2. The van der Waals surface area contributed by atoms with Gasteiger partial charge in [-0.2, -0.15) is 0 Å². The number of esters is 1. The Hall–Kier alpha value is -4.07. The lowest BCUT2D eigenvalue weighted by Gasteiger charge is -2.37. The molecule has 1 spiro atoms. The fraction of sp³-hybridized carbons (Fsp3) is 0.553. The molecule has 2 saturated heterocycles. The van der Waals surface area contributed by atoms with Crippen molar-refractivity contribution in [3.05, 3.63) is 59.9 Å². The molecule has 0 saturated carbocycles. The van der Waals surface area contributed by atoms with E-state index in [-0.39, 0.29) is 48.4 Å². The minimum Gasteiger partial charge on any atom is -0.497 e. The molecule has 0 radical (unpaired) electrons. The summed E-state index contributed by atoms with van der Waals surface area (Å²) in [6.07, 6.45) is 6.43. The van der Waals surface area contributed by atoms with Gasteiger partial charge in [0.15, 0.2) is 5.60 Å². The summed E-state index contributed by atoms with van der Waals surface area (Å²) in [7, 11) is 0.678. The topological polar surface area (TPSA) is 136 Å². The number of aryl methyl sites for hydroxylation is 1. The van der Waals surface area contributed by atoms with E-state index < -0.39 is 13.7 Å². The third-order valence-electron chi connectivity index (χ3n) is 11.3. The third-order valence-corrected chi connectivity index (χ3v) is 15.7. The molecular formula is C38H51N5O7Si. The smallest absolute Gasteiger partial charge is 0.305 e. The molecule has 3 aromatic rings. The summed E-state index contributed by atoms with van der Waals surface area (Å²) in [5.41, 5.74) is 1.89. The summed E-state index contributed by atoms with van der Waals surface area (Å²) < 4.78 is 19.4. The quantitative estimate of drug-likeness (QED) is 0.147. The van der Waals surface area contributed by atoms with Crippen LogP contribution in [-0.4, -0.2) is 86.0 Å². The van der Waals surface area contributed by atoms with Crippen LogP contribution in [0.25, 0.3) is 0 Å². The minimum atomic E-state index is -2.37. The Balaban J connectivity index is 1.41. The molecule has 13 heteroatoms. The number of rotatable bonds is 14. The lowest BCUT2D eigenvalue weighted by molar-refractivity contribution is -0.146. The van der Waals surface area contributed by atoms with Crippen molar-refractivity contribution in [1.29, 1.82) is 0 Å². The van der Waals surface area contributed by atoms with Gasteiger partial charge in [-0.3, -0.25) is 19.1 Å². The molecule has 0 bridgehead atoms. The molecule has 1 N–H and O–H groups in total. The number of benzene rings is 2. The maximum absolute atomic E-state index is 15.1. The van der Waals surface area contributed by atoms with Crippen LogP contribution >= 0.6 is 0 Å². The number of carbonyl (C=O) groups is 3. The average molecular weight is 718 g/mol. The molecule has 2 amide bonds. The van der Waals surface area contributed by atoms with Gasteiger partial charge in [0.1, 0.15) is 5.75 Å². The number of aromatic nitrogens is 3. The van der Waals surface area contributed by atoms with E-state index >= 15 is 4.79 Å². The average Bonchev–Trinajstić information content (AvgIpc) is 3.78. The number of carbonyl (C=O) groups excluding carboxylic acids is 3. The Kier molecular flexibility index (Phi) is 11.0. The second kappa shape index (κ2) is 15.3. The van der Waals surface area contributed by atoms with E-state index in [1.165, 1.54) is 12.3 Å². The fourth-order valence-electron chi connectivity index (χ4n) is 8.62. The van der Waals surface area contributed by atoms with Crippen LogP contribution in [0.1, 0.15) is 63.1 Å². The number of unbranched alkanes of at least 4 members (excludes halogenated alkanes) is 1. The van der Waals surface area contributed by atoms with Gasteiger partial charge in [-0.25, -0.2) is 0 Å². The Bertz CT molecular complexity index is 1730. The number of methoxy groups -OCH3 is 2. The van der Waals surface area contributed by atoms with Crippen molar-refractivity contribution < 1.29 is 33.7 Å². The molecule has 51 heavy (non-hydrogen) atoms. The Morgan fingerprint density at radius 2 is 1.86 bits per heavy atom. The number of aliphatic hydroxyl groups is 1. The first kappa shape index (κ1) is 36.7. The van der Waals surface area contributed by atoms with E-state index in [0.717, 1.165) is 41.2 Å². The van der Waals surface area contributed by atoms with Crippen molar-refractivity contribution in [1.82, 2.24) is 15.0 Å². The molecule has 4 heterocycles. The second-order valence-corrected chi connectivity index (χ2v) is 19.3. The van der Waals surface area contributed by atoms with Crippen LogP contribution in [0, 0.1) is 5.92 Å². The number of ether oxygens (including phenoxy) is 3. The van der Waals surface area contributed by atoms with E-state index in [1.54, 1.807) is 11.8 Å². The molecule has 3 aliphatic rings. The SMILES string of the molecule is COC(=O)CCCCN1C(=O)[C@@]2(O[C@@H](CCn3cc(CCO)nn3)[C@H]([Si](C)(C)c3ccc(OC)cc3)[C@H]2C)c2cc(N3CCCCC3=O)ccc21. The summed E-state index contributed by atoms with van der Waals surface area (Å²) in [6, 6.07) is 14.3. The van der Waals surface area contributed by atoms with Crippen molar-refractivity contribution in [2.24, 2.45) is 5.92 Å². The van der Waals surface area contributed by atoms with Gasteiger partial charge in [-0.15, -0.1) is 5.10 Å². The predicted molar refractivity (Wildman–Crippen MR) is 196 cm³/mol. The van der Waals surface area contributed by atoms with Crippen LogP contribution in [0.4, 0.5) is 11.4 Å². The molecule has 2 fully saturated rings. The van der Waals surface area contributed by atoms with E-state index in [2.05, 4.69) is 42.5 Å². The molecule has 4 atom stereocenters. The molecular weight excluding hydrogens is 667 g/mol. The normalized spacial score (nSPS) is 23.3. The highest BCUT2D eigenvalue weighted by atomic mass is 28.3. The van der Waals surface area contributed by atoms with Crippen molar-refractivity contribution in [3.8, 4) is 5.75 Å².